The van der Waals surface area contributed by atoms with Crippen LogP contribution in [0.3, 0.4) is 0 Å². The van der Waals surface area contributed by atoms with E-state index in [1.165, 1.54) is 0 Å². The molecule has 0 aliphatic carbocycles. The van der Waals surface area contributed by atoms with Gasteiger partial charge in [-0.25, -0.2) is 28.1 Å². The summed E-state index contributed by atoms with van der Waals surface area (Å²) in [5.41, 5.74) is -1.76. The fraction of sp³-hybridized carbons (Fsp3) is 0.889. The Bertz CT molecular complexity index is 789. The van der Waals surface area contributed by atoms with Gasteiger partial charge >= 0.3 is 17.1 Å². The van der Waals surface area contributed by atoms with E-state index in [2.05, 4.69) is 0 Å². The van der Waals surface area contributed by atoms with Crippen LogP contribution in [0.15, 0.2) is 14.4 Å². The highest BCUT2D eigenvalue weighted by Gasteiger charge is 2.15. The average molecular weight is 562 g/mol. The smallest absolute Gasteiger partial charge is 0.336 e. The van der Waals surface area contributed by atoms with Gasteiger partial charge in [0.1, 0.15) is 0 Å². The van der Waals surface area contributed by atoms with Crippen molar-refractivity contribution in [1.29, 1.82) is 0 Å². The van der Waals surface area contributed by atoms with Gasteiger partial charge < -0.3 is 30.6 Å². The topological polar surface area (TPSA) is 187 Å². The lowest BCUT2D eigenvalue weighted by Crippen LogP contribution is -2.54. The second kappa shape index (κ2) is 21.0. The second-order valence-electron chi connectivity index (χ2n) is 10.4. The Labute approximate surface area is 230 Å². The predicted octanol–water partition coefficient (Wildman–Crippen LogP) is 1.13. The van der Waals surface area contributed by atoms with E-state index < -0.39 is 35.9 Å². The Kier molecular flexibility index (Phi) is 18.9. The van der Waals surface area contributed by atoms with E-state index in [4.69, 9.17) is 30.6 Å². The number of aromatic nitrogens is 3. The molecule has 1 rings (SSSR count). The number of aliphatic hydroxyl groups excluding tert-OH is 3. The van der Waals surface area contributed by atoms with Crippen LogP contribution in [0.1, 0.15) is 116 Å². The van der Waals surface area contributed by atoms with Gasteiger partial charge in [0.2, 0.25) is 0 Å². The lowest BCUT2D eigenvalue weighted by molar-refractivity contribution is -0.0472. The molecule has 0 unspecified atom stereocenters. The highest BCUT2D eigenvalue weighted by Crippen LogP contribution is 2.09. The lowest BCUT2D eigenvalue weighted by Gasteiger charge is -2.14. The first kappa shape index (κ1) is 35.2. The largest absolute Gasteiger partial charge is 0.368 e. The molecule has 228 valence electrons. The molecule has 0 aliphatic heterocycles. The molecule has 0 amide bonds. The van der Waals surface area contributed by atoms with E-state index in [1.807, 2.05) is 0 Å². The van der Waals surface area contributed by atoms with Gasteiger partial charge in [0.25, 0.3) is 0 Å². The molecule has 0 spiro atoms. The van der Waals surface area contributed by atoms with Crippen LogP contribution in [-0.2, 0) is 19.6 Å². The van der Waals surface area contributed by atoms with Crippen LogP contribution in [-0.4, -0.2) is 63.2 Å². The molecule has 0 aliphatic rings. The molecule has 0 fully saturated rings. The first-order chi connectivity index (χ1) is 18.6. The van der Waals surface area contributed by atoms with Gasteiger partial charge in [-0.2, -0.15) is 0 Å². The van der Waals surface area contributed by atoms with Crippen molar-refractivity contribution in [3.63, 3.8) is 0 Å². The fourth-order valence-electron chi connectivity index (χ4n) is 4.64. The van der Waals surface area contributed by atoms with Crippen molar-refractivity contribution in [1.82, 2.24) is 13.7 Å². The zero-order valence-electron chi connectivity index (χ0n) is 23.3. The van der Waals surface area contributed by atoms with Gasteiger partial charge in [-0.15, -0.1) is 0 Å². The van der Waals surface area contributed by atoms with Crippen molar-refractivity contribution >= 4 is 0 Å². The summed E-state index contributed by atoms with van der Waals surface area (Å²) in [6, 6.07) is 0. The molecule has 0 radical (unpaired) electrons. The molecule has 1 aromatic rings. The quantitative estimate of drug-likeness (QED) is 0.0794. The van der Waals surface area contributed by atoms with E-state index in [0.717, 1.165) is 71.5 Å². The van der Waals surface area contributed by atoms with Crippen molar-refractivity contribution < 1.29 is 30.6 Å². The Hall–Kier alpha value is -1.83. The summed E-state index contributed by atoms with van der Waals surface area (Å²) >= 11 is 0. The molecule has 1 heterocycles. The van der Waals surface area contributed by atoms with Crippen LogP contribution in [0, 0.1) is 0 Å². The normalized spacial score (nSPS) is 11.9. The van der Waals surface area contributed by atoms with E-state index in [0.29, 0.717) is 57.8 Å². The SMILES string of the molecule is O=c1n(CCCCCCCC(O)O)c(=O)n(CCCCCCCC(O)O)c(=O)n1CCCCCCCC(O)O. The van der Waals surface area contributed by atoms with Crippen molar-refractivity contribution in [2.24, 2.45) is 0 Å². The van der Waals surface area contributed by atoms with Crippen LogP contribution in [0.25, 0.3) is 0 Å². The third-order valence-electron chi connectivity index (χ3n) is 6.92. The monoisotopic (exact) mass is 561 g/mol. The standard InChI is InChI=1S/C27H51N3O9/c31-22(32)16-10-4-1-7-13-19-28-25(37)29(20-14-8-2-5-11-17-23(33)34)27(39)30(26(28)38)21-15-9-3-6-12-18-24(35)36/h22-24,31-36H,1-21H2. The Morgan fingerprint density at radius 2 is 0.564 bits per heavy atom. The number of rotatable bonds is 24. The minimum atomic E-state index is -1.30. The highest BCUT2D eigenvalue weighted by atomic mass is 16.5. The van der Waals surface area contributed by atoms with Gasteiger partial charge in [-0.05, 0) is 57.8 Å². The number of aliphatic hydroxyl groups is 6. The summed E-state index contributed by atoms with van der Waals surface area (Å²) in [7, 11) is 0. The zero-order chi connectivity index (χ0) is 29.0. The first-order valence-corrected chi connectivity index (χ1v) is 14.7. The molecular formula is C27H51N3O9. The molecule has 0 aromatic carbocycles. The maximum Gasteiger partial charge on any atom is 0.336 e. The molecular weight excluding hydrogens is 510 g/mol. The second-order valence-corrected chi connectivity index (χ2v) is 10.4. The Morgan fingerprint density at radius 1 is 0.359 bits per heavy atom. The summed E-state index contributed by atoms with van der Waals surface area (Å²) in [5.74, 6) is 0. The van der Waals surface area contributed by atoms with Crippen LogP contribution >= 0.6 is 0 Å². The van der Waals surface area contributed by atoms with E-state index in [9.17, 15) is 14.4 Å². The number of hydrogen-bond donors (Lipinski definition) is 6. The third kappa shape index (κ3) is 15.5. The highest BCUT2D eigenvalue weighted by molar-refractivity contribution is 4.79. The molecule has 1 aromatic heterocycles. The fourth-order valence-corrected chi connectivity index (χ4v) is 4.64. The van der Waals surface area contributed by atoms with E-state index in [1.54, 1.807) is 0 Å². The summed E-state index contributed by atoms with van der Waals surface area (Å²) in [6.45, 7) is 0.647. The zero-order valence-corrected chi connectivity index (χ0v) is 23.3. The van der Waals surface area contributed by atoms with E-state index >= 15 is 0 Å². The van der Waals surface area contributed by atoms with Crippen LogP contribution in [0.2, 0.25) is 0 Å². The van der Waals surface area contributed by atoms with Gasteiger partial charge in [-0.3, -0.25) is 0 Å². The third-order valence-corrected chi connectivity index (χ3v) is 6.92. The number of unbranched alkanes of at least 4 members (excludes halogenated alkanes) is 12. The van der Waals surface area contributed by atoms with Gasteiger partial charge in [0.15, 0.2) is 18.9 Å². The van der Waals surface area contributed by atoms with Crippen molar-refractivity contribution in [3.05, 3.63) is 31.5 Å². The predicted molar refractivity (Wildman–Crippen MR) is 147 cm³/mol. The molecule has 39 heavy (non-hydrogen) atoms. The molecule has 12 nitrogen and oxygen atoms in total. The minimum absolute atomic E-state index is 0.216. The maximum atomic E-state index is 13.1. The van der Waals surface area contributed by atoms with Gasteiger partial charge in [0, 0.05) is 19.6 Å². The van der Waals surface area contributed by atoms with Gasteiger partial charge in [0.05, 0.1) is 0 Å². The molecule has 6 N–H and O–H groups in total. The molecule has 0 saturated heterocycles. The van der Waals surface area contributed by atoms with Gasteiger partial charge in [-0.1, -0.05) is 57.8 Å². The average Bonchev–Trinajstić information content (AvgIpc) is 2.86. The number of hydrogen-bond acceptors (Lipinski definition) is 9. The molecule has 0 atom stereocenters. The van der Waals surface area contributed by atoms with Crippen molar-refractivity contribution in [2.75, 3.05) is 0 Å². The first-order valence-electron chi connectivity index (χ1n) is 14.7. The summed E-state index contributed by atoms with van der Waals surface area (Å²) in [4.78, 5) is 39.3. The Morgan fingerprint density at radius 3 is 0.795 bits per heavy atom. The van der Waals surface area contributed by atoms with Crippen molar-refractivity contribution in [3.8, 4) is 0 Å². The van der Waals surface area contributed by atoms with Crippen LogP contribution in [0.4, 0.5) is 0 Å². The van der Waals surface area contributed by atoms with Crippen LogP contribution < -0.4 is 17.1 Å². The molecule has 12 heteroatoms. The minimum Gasteiger partial charge on any atom is -0.368 e. The number of nitrogens with zero attached hydrogens (tertiary/aromatic N) is 3. The summed E-state index contributed by atoms with van der Waals surface area (Å²) in [5, 5.41) is 53.6. The van der Waals surface area contributed by atoms with Crippen LogP contribution in [0.5, 0.6) is 0 Å². The van der Waals surface area contributed by atoms with Crippen molar-refractivity contribution in [2.45, 2.75) is 154 Å². The Balaban J connectivity index is 2.79. The summed E-state index contributed by atoms with van der Waals surface area (Å²) < 4.78 is 3.47. The lowest BCUT2D eigenvalue weighted by atomic mass is 10.1. The maximum absolute atomic E-state index is 13.1. The summed E-state index contributed by atoms with van der Waals surface area (Å²) in [6.07, 6.45) is 8.26. The molecule has 0 bridgehead atoms. The van der Waals surface area contributed by atoms with E-state index in [-0.39, 0.29) is 19.6 Å². The molecule has 0 saturated carbocycles.